The maximum atomic E-state index is 12.3. The molecular formula is C14H21NO4. The number of rotatable bonds is 1. The summed E-state index contributed by atoms with van der Waals surface area (Å²) in [5, 5.41) is 0. The van der Waals surface area contributed by atoms with Gasteiger partial charge in [-0.25, -0.2) is 9.59 Å². The van der Waals surface area contributed by atoms with Gasteiger partial charge in [0, 0.05) is 6.42 Å². The first kappa shape index (κ1) is 13.9. The molecular weight excluding hydrogens is 246 g/mol. The summed E-state index contributed by atoms with van der Waals surface area (Å²) >= 11 is 0. The highest BCUT2D eigenvalue weighted by atomic mass is 16.6. The van der Waals surface area contributed by atoms with Crippen LogP contribution in [0.4, 0.5) is 4.79 Å². The van der Waals surface area contributed by atoms with Crippen LogP contribution in [0.2, 0.25) is 0 Å². The topological polar surface area (TPSA) is 55.8 Å². The van der Waals surface area contributed by atoms with Gasteiger partial charge >= 0.3 is 12.1 Å². The lowest BCUT2D eigenvalue weighted by molar-refractivity contribution is -0.152. The van der Waals surface area contributed by atoms with Gasteiger partial charge in [-0.05, 0) is 33.6 Å². The fourth-order valence-corrected chi connectivity index (χ4v) is 3.05. The lowest BCUT2D eigenvalue weighted by Crippen LogP contribution is -2.52. The third-order valence-corrected chi connectivity index (χ3v) is 3.75. The summed E-state index contributed by atoms with van der Waals surface area (Å²) in [4.78, 5) is 26.0. The molecule has 2 unspecified atom stereocenters. The number of hydrogen-bond donors (Lipinski definition) is 0. The Morgan fingerprint density at radius 1 is 1.42 bits per heavy atom. The molecule has 0 aliphatic carbocycles. The van der Waals surface area contributed by atoms with Crippen molar-refractivity contribution >= 4 is 12.1 Å². The van der Waals surface area contributed by atoms with Crippen molar-refractivity contribution in [3.8, 4) is 0 Å². The van der Waals surface area contributed by atoms with Gasteiger partial charge in [0.1, 0.15) is 11.1 Å². The van der Waals surface area contributed by atoms with E-state index in [1.54, 1.807) is 0 Å². The van der Waals surface area contributed by atoms with Crippen molar-refractivity contribution in [2.75, 3.05) is 7.11 Å². The van der Waals surface area contributed by atoms with Gasteiger partial charge in [0.15, 0.2) is 0 Å². The van der Waals surface area contributed by atoms with E-state index in [4.69, 9.17) is 9.47 Å². The van der Waals surface area contributed by atoms with E-state index in [2.05, 4.69) is 6.58 Å². The number of hydrogen-bond acceptors (Lipinski definition) is 4. The molecule has 1 amide bonds. The number of amides is 1. The van der Waals surface area contributed by atoms with E-state index < -0.39 is 17.2 Å². The van der Waals surface area contributed by atoms with Gasteiger partial charge in [0.2, 0.25) is 0 Å². The van der Waals surface area contributed by atoms with Crippen LogP contribution in [0, 0.1) is 0 Å². The van der Waals surface area contributed by atoms with Gasteiger partial charge in [-0.2, -0.15) is 0 Å². The Morgan fingerprint density at radius 2 is 2.05 bits per heavy atom. The van der Waals surface area contributed by atoms with Crippen LogP contribution in [-0.4, -0.2) is 41.3 Å². The summed E-state index contributed by atoms with van der Waals surface area (Å²) in [6, 6.07) is -0.103. The quantitative estimate of drug-likeness (QED) is 0.540. The fourth-order valence-electron chi connectivity index (χ4n) is 3.05. The number of fused-ring (bicyclic) bond motifs is 2. The number of nitrogens with zero attached hydrogens (tertiary/aromatic N) is 1. The number of ether oxygens (including phenoxy) is 2. The van der Waals surface area contributed by atoms with Crippen LogP contribution < -0.4 is 0 Å². The Labute approximate surface area is 113 Å². The monoisotopic (exact) mass is 267 g/mol. The molecule has 2 atom stereocenters. The second-order valence-corrected chi connectivity index (χ2v) is 6.26. The van der Waals surface area contributed by atoms with Crippen molar-refractivity contribution < 1.29 is 19.1 Å². The third-order valence-electron chi connectivity index (χ3n) is 3.75. The lowest BCUT2D eigenvalue weighted by atomic mass is 9.85. The van der Waals surface area contributed by atoms with Crippen LogP contribution in [0.1, 0.15) is 40.0 Å². The van der Waals surface area contributed by atoms with E-state index in [0.717, 1.165) is 12.0 Å². The summed E-state index contributed by atoms with van der Waals surface area (Å²) in [5.41, 5.74) is -0.584. The number of carbonyl (C=O) groups is 2. The van der Waals surface area contributed by atoms with Crippen LogP contribution in [0.3, 0.4) is 0 Å². The molecule has 2 saturated heterocycles. The first-order chi connectivity index (χ1) is 8.71. The molecule has 0 spiro atoms. The van der Waals surface area contributed by atoms with Gasteiger partial charge in [-0.15, -0.1) is 0 Å². The summed E-state index contributed by atoms with van der Waals surface area (Å²) < 4.78 is 10.3. The molecule has 0 saturated carbocycles. The van der Waals surface area contributed by atoms with E-state index in [1.165, 1.54) is 12.0 Å². The van der Waals surface area contributed by atoms with Crippen LogP contribution >= 0.6 is 0 Å². The van der Waals surface area contributed by atoms with Gasteiger partial charge in [-0.3, -0.25) is 4.90 Å². The van der Waals surface area contributed by atoms with Crippen molar-refractivity contribution in [3.63, 3.8) is 0 Å². The molecule has 19 heavy (non-hydrogen) atoms. The first-order valence-corrected chi connectivity index (χ1v) is 6.50. The Hall–Kier alpha value is -1.52. The minimum atomic E-state index is -0.904. The average Bonchev–Trinajstić information content (AvgIpc) is 2.78. The Bertz CT molecular complexity index is 437. The molecule has 5 heteroatoms. The molecule has 2 aliphatic heterocycles. The van der Waals surface area contributed by atoms with Crippen LogP contribution in [0.15, 0.2) is 12.2 Å². The Morgan fingerprint density at radius 3 is 2.53 bits per heavy atom. The zero-order valence-electron chi connectivity index (χ0n) is 12.0. The second-order valence-electron chi connectivity index (χ2n) is 6.26. The van der Waals surface area contributed by atoms with Gasteiger partial charge < -0.3 is 9.47 Å². The summed E-state index contributed by atoms with van der Waals surface area (Å²) in [6.07, 6.45) is 1.37. The van der Waals surface area contributed by atoms with E-state index in [9.17, 15) is 9.59 Å². The largest absolute Gasteiger partial charge is 0.467 e. The third kappa shape index (κ3) is 2.11. The summed E-state index contributed by atoms with van der Waals surface area (Å²) in [6.45, 7) is 9.39. The van der Waals surface area contributed by atoms with Crippen molar-refractivity contribution in [2.24, 2.45) is 0 Å². The summed E-state index contributed by atoms with van der Waals surface area (Å²) in [5.74, 6) is -0.375. The molecule has 0 aromatic rings. The van der Waals surface area contributed by atoms with Crippen LogP contribution in [0.5, 0.6) is 0 Å². The van der Waals surface area contributed by atoms with E-state index in [1.807, 2.05) is 20.8 Å². The lowest BCUT2D eigenvalue weighted by Gasteiger charge is -2.33. The van der Waals surface area contributed by atoms with E-state index in [-0.39, 0.29) is 12.0 Å². The zero-order valence-corrected chi connectivity index (χ0v) is 12.0. The van der Waals surface area contributed by atoms with Crippen molar-refractivity contribution in [3.05, 3.63) is 12.2 Å². The minimum Gasteiger partial charge on any atom is -0.467 e. The predicted molar refractivity (Wildman–Crippen MR) is 69.6 cm³/mol. The van der Waals surface area contributed by atoms with Gasteiger partial charge in [-0.1, -0.05) is 12.2 Å². The smallest absolute Gasteiger partial charge is 0.411 e. The standard InChI is InChI=1S/C14H21NO4/c1-9-8-14(11(16)18-5)7-6-10(9)15(14)12(17)19-13(2,3)4/h10H,1,6-8H2,2-5H3. The molecule has 2 heterocycles. The first-order valence-electron chi connectivity index (χ1n) is 6.50. The number of carbonyl (C=O) groups excluding carboxylic acids is 2. The molecule has 0 aromatic carbocycles. The molecule has 2 fully saturated rings. The molecule has 2 rings (SSSR count). The van der Waals surface area contributed by atoms with Crippen molar-refractivity contribution in [2.45, 2.75) is 57.2 Å². The molecule has 0 aromatic heterocycles. The van der Waals surface area contributed by atoms with E-state index >= 15 is 0 Å². The van der Waals surface area contributed by atoms with Crippen molar-refractivity contribution in [1.29, 1.82) is 0 Å². The normalized spacial score (nSPS) is 29.6. The molecule has 0 N–H and O–H groups in total. The maximum absolute atomic E-state index is 12.3. The summed E-state index contributed by atoms with van der Waals surface area (Å²) in [7, 11) is 1.35. The highest BCUT2D eigenvalue weighted by Crippen LogP contribution is 2.49. The van der Waals surface area contributed by atoms with Crippen LogP contribution in [-0.2, 0) is 14.3 Å². The number of esters is 1. The molecule has 5 nitrogen and oxygen atoms in total. The second kappa shape index (κ2) is 4.25. The molecule has 2 bridgehead atoms. The SMILES string of the molecule is C=C1CC2(C(=O)OC)CCC1N2C(=O)OC(C)(C)C. The Balaban J connectivity index is 2.30. The Kier molecular flexibility index (Phi) is 3.11. The van der Waals surface area contributed by atoms with E-state index in [0.29, 0.717) is 12.8 Å². The average molecular weight is 267 g/mol. The fraction of sp³-hybridized carbons (Fsp3) is 0.714. The zero-order chi connectivity index (χ0) is 14.4. The highest BCUT2D eigenvalue weighted by molar-refractivity contribution is 5.89. The maximum Gasteiger partial charge on any atom is 0.411 e. The molecule has 0 radical (unpaired) electrons. The minimum absolute atomic E-state index is 0.103. The molecule has 106 valence electrons. The van der Waals surface area contributed by atoms with Crippen LogP contribution in [0.25, 0.3) is 0 Å². The van der Waals surface area contributed by atoms with Gasteiger partial charge in [0.25, 0.3) is 0 Å². The molecule has 2 aliphatic rings. The predicted octanol–water partition coefficient (Wildman–Crippen LogP) is 2.26. The number of methoxy groups -OCH3 is 1. The highest BCUT2D eigenvalue weighted by Gasteiger charge is 2.61. The van der Waals surface area contributed by atoms with Crippen molar-refractivity contribution in [1.82, 2.24) is 4.90 Å². The van der Waals surface area contributed by atoms with Gasteiger partial charge in [0.05, 0.1) is 13.2 Å².